The Kier molecular flexibility index (Phi) is 1.76. The van der Waals surface area contributed by atoms with Crippen molar-refractivity contribution in [2.45, 2.75) is 27.2 Å². The van der Waals surface area contributed by atoms with E-state index >= 15 is 0 Å². The minimum absolute atomic E-state index is 0.257. The van der Waals surface area contributed by atoms with Gasteiger partial charge in [-0.3, -0.25) is 4.98 Å². The second-order valence-corrected chi connectivity index (χ2v) is 4.60. The minimum Gasteiger partial charge on any atom is -0.264 e. The average Bonchev–Trinajstić information content (AvgIpc) is 2.45. The van der Waals surface area contributed by atoms with Crippen molar-refractivity contribution in [2.75, 3.05) is 0 Å². The van der Waals surface area contributed by atoms with Crippen LogP contribution < -0.4 is 0 Å². The summed E-state index contributed by atoms with van der Waals surface area (Å²) in [4.78, 5) is 4.14. The molecule has 0 N–H and O–H groups in total. The predicted octanol–water partition coefficient (Wildman–Crippen LogP) is 3.07. The Morgan fingerprint density at radius 2 is 2.08 bits per heavy atom. The van der Waals surface area contributed by atoms with E-state index in [0.717, 1.165) is 6.42 Å². The normalized spacial score (nSPS) is 15.5. The van der Waals surface area contributed by atoms with Crippen LogP contribution in [-0.2, 0) is 6.42 Å². The zero-order valence-electron chi connectivity index (χ0n) is 8.46. The van der Waals surface area contributed by atoms with E-state index in [-0.39, 0.29) is 5.41 Å². The van der Waals surface area contributed by atoms with Crippen molar-refractivity contribution >= 4 is 5.57 Å². The zero-order chi connectivity index (χ0) is 9.47. The van der Waals surface area contributed by atoms with E-state index in [2.05, 4.69) is 37.9 Å². The third-order valence-corrected chi connectivity index (χ3v) is 2.53. The van der Waals surface area contributed by atoms with E-state index in [9.17, 15) is 0 Å². The van der Waals surface area contributed by atoms with Gasteiger partial charge < -0.3 is 0 Å². The summed E-state index contributed by atoms with van der Waals surface area (Å²) < 4.78 is 0. The van der Waals surface area contributed by atoms with Crippen LogP contribution in [0.25, 0.3) is 5.57 Å². The summed E-state index contributed by atoms with van der Waals surface area (Å²) in [7, 11) is 0. The van der Waals surface area contributed by atoms with Gasteiger partial charge in [-0.25, -0.2) is 0 Å². The summed E-state index contributed by atoms with van der Waals surface area (Å²) in [6.45, 7) is 6.77. The molecule has 0 amide bonds. The molecule has 13 heavy (non-hydrogen) atoms. The lowest BCUT2D eigenvalue weighted by atomic mass is 9.84. The highest BCUT2D eigenvalue weighted by molar-refractivity contribution is 5.75. The minimum atomic E-state index is 0.257. The van der Waals surface area contributed by atoms with E-state index in [1.807, 2.05) is 12.4 Å². The van der Waals surface area contributed by atoms with E-state index in [1.54, 1.807) is 0 Å². The summed E-state index contributed by atoms with van der Waals surface area (Å²) in [5, 5.41) is 0. The SMILES string of the molecule is CC(C)(C)C1=CCc2cnccc21. The second kappa shape index (κ2) is 2.69. The Hall–Kier alpha value is -1.11. The lowest BCUT2D eigenvalue weighted by Gasteiger charge is -2.21. The van der Waals surface area contributed by atoms with Gasteiger partial charge in [0, 0.05) is 12.4 Å². The summed E-state index contributed by atoms with van der Waals surface area (Å²) in [6, 6.07) is 2.12. The van der Waals surface area contributed by atoms with Gasteiger partial charge in [-0.15, -0.1) is 0 Å². The van der Waals surface area contributed by atoms with Crippen molar-refractivity contribution < 1.29 is 0 Å². The number of hydrogen-bond donors (Lipinski definition) is 0. The van der Waals surface area contributed by atoms with Crippen LogP contribution in [0.5, 0.6) is 0 Å². The third-order valence-electron chi connectivity index (χ3n) is 2.53. The monoisotopic (exact) mass is 173 g/mol. The molecular weight excluding hydrogens is 158 g/mol. The summed E-state index contributed by atoms with van der Waals surface area (Å²) in [6.07, 6.45) is 7.23. The summed E-state index contributed by atoms with van der Waals surface area (Å²) in [5.41, 5.74) is 4.48. The smallest absolute Gasteiger partial charge is 0.0309 e. The number of allylic oxidation sites excluding steroid dienone is 2. The molecule has 1 aromatic rings. The van der Waals surface area contributed by atoms with Gasteiger partial charge >= 0.3 is 0 Å². The maximum Gasteiger partial charge on any atom is 0.0309 e. The molecule has 68 valence electrons. The first kappa shape index (κ1) is 8.49. The molecule has 1 nitrogen and oxygen atoms in total. The van der Waals surface area contributed by atoms with Crippen molar-refractivity contribution in [3.63, 3.8) is 0 Å². The van der Waals surface area contributed by atoms with E-state index in [0.29, 0.717) is 0 Å². The van der Waals surface area contributed by atoms with Gasteiger partial charge in [0.25, 0.3) is 0 Å². The largest absolute Gasteiger partial charge is 0.264 e. The van der Waals surface area contributed by atoms with Crippen LogP contribution >= 0.6 is 0 Å². The van der Waals surface area contributed by atoms with Crippen LogP contribution in [0.3, 0.4) is 0 Å². The molecule has 1 heterocycles. The van der Waals surface area contributed by atoms with Gasteiger partial charge in [0.2, 0.25) is 0 Å². The molecule has 1 heteroatoms. The van der Waals surface area contributed by atoms with E-state index in [4.69, 9.17) is 0 Å². The van der Waals surface area contributed by atoms with Crippen LogP contribution in [0.1, 0.15) is 31.9 Å². The molecule has 0 aromatic carbocycles. The van der Waals surface area contributed by atoms with Crippen molar-refractivity contribution in [1.29, 1.82) is 0 Å². The van der Waals surface area contributed by atoms with Gasteiger partial charge in [-0.05, 0) is 34.6 Å². The summed E-state index contributed by atoms with van der Waals surface area (Å²) in [5.74, 6) is 0. The Labute approximate surface area is 79.5 Å². The molecular formula is C12H15N. The van der Waals surface area contributed by atoms with Crippen LogP contribution in [-0.4, -0.2) is 4.98 Å². The van der Waals surface area contributed by atoms with Crippen molar-refractivity contribution in [1.82, 2.24) is 4.98 Å². The second-order valence-electron chi connectivity index (χ2n) is 4.60. The fourth-order valence-corrected chi connectivity index (χ4v) is 1.88. The lowest BCUT2D eigenvalue weighted by Crippen LogP contribution is -2.06. The first-order valence-corrected chi connectivity index (χ1v) is 4.73. The van der Waals surface area contributed by atoms with Gasteiger partial charge in [0.05, 0.1) is 0 Å². The number of nitrogens with zero attached hydrogens (tertiary/aromatic N) is 1. The molecule has 0 spiro atoms. The van der Waals surface area contributed by atoms with Crippen molar-refractivity contribution in [2.24, 2.45) is 5.41 Å². The van der Waals surface area contributed by atoms with Crippen molar-refractivity contribution in [3.05, 3.63) is 35.7 Å². The molecule has 0 fully saturated rings. The molecule has 0 unspecified atom stereocenters. The quantitative estimate of drug-likeness (QED) is 0.587. The standard InChI is InChI=1S/C12H15N/c1-12(2,3)11-5-4-9-8-13-7-6-10(9)11/h5-8H,4H2,1-3H3. The predicted molar refractivity (Wildman–Crippen MR) is 55.4 cm³/mol. The van der Waals surface area contributed by atoms with E-state index in [1.165, 1.54) is 16.7 Å². The zero-order valence-corrected chi connectivity index (χ0v) is 8.46. The lowest BCUT2D eigenvalue weighted by molar-refractivity contribution is 0.567. The molecule has 0 saturated heterocycles. The topological polar surface area (TPSA) is 12.9 Å². The third kappa shape index (κ3) is 1.39. The number of hydrogen-bond acceptors (Lipinski definition) is 1. The van der Waals surface area contributed by atoms with Gasteiger partial charge in [0.1, 0.15) is 0 Å². The summed E-state index contributed by atoms with van der Waals surface area (Å²) >= 11 is 0. The molecule has 0 radical (unpaired) electrons. The highest BCUT2D eigenvalue weighted by atomic mass is 14.6. The Bertz CT molecular complexity index is 356. The van der Waals surface area contributed by atoms with Crippen LogP contribution in [0.15, 0.2) is 24.5 Å². The molecule has 1 aliphatic carbocycles. The van der Waals surface area contributed by atoms with Crippen molar-refractivity contribution in [3.8, 4) is 0 Å². The molecule has 0 aliphatic heterocycles. The van der Waals surface area contributed by atoms with Gasteiger partial charge in [-0.1, -0.05) is 26.8 Å². The number of aromatic nitrogens is 1. The average molecular weight is 173 g/mol. The van der Waals surface area contributed by atoms with Crippen LogP contribution in [0, 0.1) is 5.41 Å². The number of fused-ring (bicyclic) bond motifs is 1. The number of rotatable bonds is 0. The molecule has 2 rings (SSSR count). The first-order chi connectivity index (χ1) is 6.09. The highest BCUT2D eigenvalue weighted by Crippen LogP contribution is 2.39. The van der Waals surface area contributed by atoms with E-state index < -0.39 is 0 Å². The fraction of sp³-hybridized carbons (Fsp3) is 0.417. The highest BCUT2D eigenvalue weighted by Gasteiger charge is 2.23. The molecule has 0 saturated carbocycles. The Morgan fingerprint density at radius 3 is 2.77 bits per heavy atom. The van der Waals surface area contributed by atoms with Crippen LogP contribution in [0.4, 0.5) is 0 Å². The van der Waals surface area contributed by atoms with Gasteiger partial charge in [0.15, 0.2) is 0 Å². The Balaban J connectivity index is 2.48. The molecule has 0 atom stereocenters. The fourth-order valence-electron chi connectivity index (χ4n) is 1.88. The first-order valence-electron chi connectivity index (χ1n) is 4.73. The maximum atomic E-state index is 4.14. The number of pyridine rings is 1. The Morgan fingerprint density at radius 1 is 1.31 bits per heavy atom. The molecule has 1 aliphatic rings. The molecule has 1 aromatic heterocycles. The molecule has 0 bridgehead atoms. The van der Waals surface area contributed by atoms with Crippen LogP contribution in [0.2, 0.25) is 0 Å². The maximum absolute atomic E-state index is 4.14. The van der Waals surface area contributed by atoms with Gasteiger partial charge in [-0.2, -0.15) is 0 Å².